The van der Waals surface area contributed by atoms with Crippen LogP contribution in [0.1, 0.15) is 12.5 Å². The van der Waals surface area contributed by atoms with Crippen molar-refractivity contribution in [2.45, 2.75) is 18.4 Å². The van der Waals surface area contributed by atoms with Gasteiger partial charge in [0.1, 0.15) is 0 Å². The highest BCUT2D eigenvalue weighted by Gasteiger charge is 1.86. The standard InChI is InChI=1S/C7H9NS/c1-2-6-3-4-7(9)8-5-6/h3-5H,2H2,1H3,(H,8,9). The third-order valence-electron chi connectivity index (χ3n) is 1.22. The second-order valence-corrected chi connectivity index (χ2v) is 2.34. The van der Waals surface area contributed by atoms with Gasteiger partial charge >= 0.3 is 0 Å². The first kappa shape index (κ1) is 6.62. The third-order valence-corrected chi connectivity index (χ3v) is 1.48. The van der Waals surface area contributed by atoms with Crippen LogP contribution < -0.4 is 0 Å². The van der Waals surface area contributed by atoms with Crippen LogP contribution in [0.3, 0.4) is 0 Å². The Morgan fingerprint density at radius 3 is 2.78 bits per heavy atom. The van der Waals surface area contributed by atoms with E-state index in [9.17, 15) is 0 Å². The summed E-state index contributed by atoms with van der Waals surface area (Å²) in [6.07, 6.45) is 2.89. The molecular weight excluding hydrogens is 130 g/mol. The van der Waals surface area contributed by atoms with Gasteiger partial charge in [-0.3, -0.25) is 0 Å². The molecule has 0 radical (unpaired) electrons. The van der Waals surface area contributed by atoms with Crippen LogP contribution in [-0.4, -0.2) is 4.98 Å². The van der Waals surface area contributed by atoms with Crippen LogP contribution in [0.5, 0.6) is 0 Å². The number of hydrogen-bond donors (Lipinski definition) is 1. The Balaban J connectivity index is 2.88. The molecule has 1 nitrogen and oxygen atoms in total. The summed E-state index contributed by atoms with van der Waals surface area (Å²) >= 11 is 4.06. The van der Waals surface area contributed by atoms with E-state index in [1.54, 1.807) is 0 Å². The summed E-state index contributed by atoms with van der Waals surface area (Å²) in [5.41, 5.74) is 1.26. The summed E-state index contributed by atoms with van der Waals surface area (Å²) in [7, 11) is 0. The van der Waals surface area contributed by atoms with Crippen molar-refractivity contribution in [2.75, 3.05) is 0 Å². The van der Waals surface area contributed by atoms with E-state index in [0.29, 0.717) is 0 Å². The molecule has 0 aliphatic heterocycles. The third kappa shape index (κ3) is 1.72. The molecule has 0 saturated carbocycles. The van der Waals surface area contributed by atoms with Gasteiger partial charge in [0.2, 0.25) is 0 Å². The Labute approximate surface area is 60.5 Å². The lowest BCUT2D eigenvalue weighted by molar-refractivity contribution is 1.05. The van der Waals surface area contributed by atoms with Crippen LogP contribution in [0, 0.1) is 0 Å². The van der Waals surface area contributed by atoms with Crippen LogP contribution in [-0.2, 0) is 6.42 Å². The molecule has 0 N–H and O–H groups in total. The van der Waals surface area contributed by atoms with Gasteiger partial charge in [-0.05, 0) is 18.1 Å². The van der Waals surface area contributed by atoms with Crippen LogP contribution in [0.4, 0.5) is 0 Å². The number of pyridine rings is 1. The molecule has 0 aliphatic carbocycles. The van der Waals surface area contributed by atoms with Crippen molar-refractivity contribution in [1.82, 2.24) is 4.98 Å². The lowest BCUT2D eigenvalue weighted by atomic mass is 10.2. The van der Waals surface area contributed by atoms with Crippen LogP contribution in [0.15, 0.2) is 23.4 Å². The van der Waals surface area contributed by atoms with E-state index in [4.69, 9.17) is 0 Å². The molecule has 0 saturated heterocycles. The van der Waals surface area contributed by atoms with Crippen LogP contribution in [0.2, 0.25) is 0 Å². The van der Waals surface area contributed by atoms with Gasteiger partial charge in [0.05, 0.1) is 5.03 Å². The largest absolute Gasteiger partial charge is 0.250 e. The quantitative estimate of drug-likeness (QED) is 0.587. The fourth-order valence-corrected chi connectivity index (χ4v) is 0.758. The van der Waals surface area contributed by atoms with Crippen molar-refractivity contribution in [1.29, 1.82) is 0 Å². The summed E-state index contributed by atoms with van der Waals surface area (Å²) < 4.78 is 0. The lowest BCUT2D eigenvalue weighted by Gasteiger charge is -1.93. The smallest absolute Gasteiger partial charge is 0.0929 e. The number of thiol groups is 1. The summed E-state index contributed by atoms with van der Waals surface area (Å²) in [5.74, 6) is 0. The van der Waals surface area contributed by atoms with Gasteiger partial charge in [-0.15, -0.1) is 12.6 Å². The maximum absolute atomic E-state index is 4.06. The highest BCUT2D eigenvalue weighted by atomic mass is 32.1. The Morgan fingerprint density at radius 2 is 2.33 bits per heavy atom. The predicted molar refractivity (Wildman–Crippen MR) is 40.9 cm³/mol. The second kappa shape index (κ2) is 2.87. The molecule has 0 spiro atoms. The van der Waals surface area contributed by atoms with Crippen LogP contribution in [0.25, 0.3) is 0 Å². The molecule has 9 heavy (non-hydrogen) atoms. The zero-order chi connectivity index (χ0) is 6.69. The van der Waals surface area contributed by atoms with Crippen molar-refractivity contribution in [3.8, 4) is 0 Å². The van der Waals surface area contributed by atoms with E-state index in [1.807, 2.05) is 18.3 Å². The van der Waals surface area contributed by atoms with E-state index >= 15 is 0 Å². The highest BCUT2D eigenvalue weighted by Crippen LogP contribution is 2.02. The van der Waals surface area contributed by atoms with Gasteiger partial charge in [-0.1, -0.05) is 13.0 Å². The summed E-state index contributed by atoms with van der Waals surface area (Å²) in [6.45, 7) is 2.11. The maximum atomic E-state index is 4.06. The first-order valence-electron chi connectivity index (χ1n) is 2.97. The molecule has 0 fully saturated rings. The Kier molecular flexibility index (Phi) is 2.11. The molecule has 1 heterocycles. The predicted octanol–water partition coefficient (Wildman–Crippen LogP) is 1.93. The molecule has 0 atom stereocenters. The van der Waals surface area contributed by atoms with Crippen LogP contribution >= 0.6 is 12.6 Å². The minimum atomic E-state index is 0.784. The molecule has 0 aromatic carbocycles. The topological polar surface area (TPSA) is 12.9 Å². The maximum Gasteiger partial charge on any atom is 0.0929 e. The average Bonchev–Trinajstić information content (AvgIpc) is 1.90. The highest BCUT2D eigenvalue weighted by molar-refractivity contribution is 7.80. The Hall–Kier alpha value is -0.500. The van der Waals surface area contributed by atoms with E-state index in [-0.39, 0.29) is 0 Å². The van der Waals surface area contributed by atoms with Gasteiger partial charge in [0.25, 0.3) is 0 Å². The Morgan fingerprint density at radius 1 is 1.56 bits per heavy atom. The molecule has 2 heteroatoms. The van der Waals surface area contributed by atoms with E-state index in [0.717, 1.165) is 11.4 Å². The molecule has 1 rings (SSSR count). The molecule has 0 amide bonds. The number of aryl methyl sites for hydroxylation is 1. The first-order chi connectivity index (χ1) is 4.33. The van der Waals surface area contributed by atoms with Gasteiger partial charge in [-0.2, -0.15) is 0 Å². The molecular formula is C7H9NS. The molecule has 1 aromatic heterocycles. The van der Waals surface area contributed by atoms with Gasteiger partial charge in [-0.25, -0.2) is 4.98 Å². The number of hydrogen-bond acceptors (Lipinski definition) is 2. The second-order valence-electron chi connectivity index (χ2n) is 1.88. The molecule has 0 aliphatic rings. The first-order valence-corrected chi connectivity index (χ1v) is 3.41. The zero-order valence-electron chi connectivity index (χ0n) is 5.33. The van der Waals surface area contributed by atoms with Gasteiger partial charge < -0.3 is 0 Å². The molecule has 48 valence electrons. The van der Waals surface area contributed by atoms with E-state index in [1.165, 1.54) is 5.56 Å². The normalized spacial score (nSPS) is 9.56. The number of rotatable bonds is 1. The SMILES string of the molecule is CCc1ccc(S)nc1. The molecule has 0 unspecified atom stereocenters. The van der Waals surface area contributed by atoms with Crippen molar-refractivity contribution >= 4 is 12.6 Å². The minimum Gasteiger partial charge on any atom is -0.250 e. The lowest BCUT2D eigenvalue weighted by Crippen LogP contribution is -1.81. The summed E-state index contributed by atoms with van der Waals surface area (Å²) in [6, 6.07) is 3.94. The summed E-state index contributed by atoms with van der Waals surface area (Å²) in [5, 5.41) is 0.784. The fraction of sp³-hybridized carbons (Fsp3) is 0.286. The average molecular weight is 139 g/mol. The van der Waals surface area contributed by atoms with Gasteiger partial charge in [0, 0.05) is 6.20 Å². The fourth-order valence-electron chi connectivity index (χ4n) is 0.626. The molecule has 1 aromatic rings. The van der Waals surface area contributed by atoms with Crippen molar-refractivity contribution in [3.05, 3.63) is 23.9 Å². The van der Waals surface area contributed by atoms with Crippen molar-refractivity contribution in [3.63, 3.8) is 0 Å². The van der Waals surface area contributed by atoms with Crippen molar-refractivity contribution < 1.29 is 0 Å². The monoisotopic (exact) mass is 139 g/mol. The zero-order valence-corrected chi connectivity index (χ0v) is 6.23. The minimum absolute atomic E-state index is 0.784. The van der Waals surface area contributed by atoms with E-state index < -0.39 is 0 Å². The number of nitrogens with zero attached hydrogens (tertiary/aromatic N) is 1. The summed E-state index contributed by atoms with van der Waals surface area (Å²) in [4.78, 5) is 4.01. The van der Waals surface area contributed by atoms with Crippen molar-refractivity contribution in [2.24, 2.45) is 0 Å². The number of aromatic nitrogens is 1. The molecule has 0 bridgehead atoms. The van der Waals surface area contributed by atoms with Gasteiger partial charge in [0.15, 0.2) is 0 Å². The Bertz CT molecular complexity index is 181. The van der Waals surface area contributed by atoms with E-state index in [2.05, 4.69) is 24.5 Å².